The van der Waals surface area contributed by atoms with E-state index in [1.807, 2.05) is 41.5 Å². The van der Waals surface area contributed by atoms with E-state index >= 15 is 0 Å². The molecule has 1 unspecified atom stereocenters. The number of hydrogen-bond acceptors (Lipinski definition) is 6. The van der Waals surface area contributed by atoms with Gasteiger partial charge in [-0.25, -0.2) is 8.42 Å². The first-order valence-corrected chi connectivity index (χ1v) is 14.2. The minimum atomic E-state index is -3.86. The Labute approximate surface area is 217 Å². The summed E-state index contributed by atoms with van der Waals surface area (Å²) in [4.78, 5) is 17.0. The molecule has 0 N–H and O–H groups in total. The van der Waals surface area contributed by atoms with Gasteiger partial charge in [0.15, 0.2) is 0 Å². The van der Waals surface area contributed by atoms with Gasteiger partial charge in [-0.1, -0.05) is 29.8 Å². The zero-order valence-electron chi connectivity index (χ0n) is 20.8. The van der Waals surface area contributed by atoms with Crippen LogP contribution in [0.25, 0.3) is 0 Å². The lowest BCUT2D eigenvalue weighted by molar-refractivity contribution is -0.133. The van der Waals surface area contributed by atoms with Gasteiger partial charge in [-0.3, -0.25) is 4.79 Å². The maximum atomic E-state index is 13.8. The molecular formula is C27H32N2O5S2. The molecule has 0 bridgehead atoms. The van der Waals surface area contributed by atoms with Crippen molar-refractivity contribution in [2.75, 3.05) is 40.5 Å². The molecule has 0 saturated heterocycles. The summed E-state index contributed by atoms with van der Waals surface area (Å²) in [5, 5.41) is 2.05. The molecule has 7 nitrogen and oxygen atoms in total. The van der Waals surface area contributed by atoms with E-state index in [2.05, 4.69) is 6.07 Å². The smallest absolute Gasteiger partial charge is 0.243 e. The van der Waals surface area contributed by atoms with Crippen LogP contribution in [0.5, 0.6) is 5.75 Å². The number of sulfonamides is 1. The number of hydrogen-bond donors (Lipinski definition) is 0. The number of rotatable bonds is 10. The third kappa shape index (κ3) is 5.64. The van der Waals surface area contributed by atoms with Crippen LogP contribution < -0.4 is 4.74 Å². The van der Waals surface area contributed by atoms with E-state index in [1.165, 1.54) is 9.18 Å². The fourth-order valence-electron chi connectivity index (χ4n) is 4.50. The predicted molar refractivity (Wildman–Crippen MR) is 141 cm³/mol. The van der Waals surface area contributed by atoms with Crippen molar-refractivity contribution in [3.63, 3.8) is 0 Å². The highest BCUT2D eigenvalue weighted by molar-refractivity contribution is 7.89. The molecule has 1 aliphatic heterocycles. The highest BCUT2D eigenvalue weighted by atomic mass is 32.2. The lowest BCUT2D eigenvalue weighted by atomic mass is 9.93. The van der Waals surface area contributed by atoms with Crippen LogP contribution in [0.2, 0.25) is 0 Å². The van der Waals surface area contributed by atoms with Crippen LogP contribution in [-0.4, -0.2) is 64.0 Å². The average molecular weight is 529 g/mol. The molecule has 0 radical (unpaired) electrons. The van der Waals surface area contributed by atoms with Crippen LogP contribution in [0.15, 0.2) is 64.9 Å². The SMILES string of the molecule is COCCCN(CC(=O)N1CCc2sccc2C1c1ccc(OC)cc1)S(=O)(=O)c1ccc(C)cc1. The zero-order valence-corrected chi connectivity index (χ0v) is 22.5. The Morgan fingerprint density at radius 3 is 2.47 bits per heavy atom. The fraction of sp³-hybridized carbons (Fsp3) is 0.370. The first-order chi connectivity index (χ1) is 17.3. The third-order valence-corrected chi connectivity index (χ3v) is 9.30. The molecule has 192 valence electrons. The van der Waals surface area contributed by atoms with Gasteiger partial charge in [0.25, 0.3) is 0 Å². The number of ether oxygens (including phenoxy) is 2. The number of methoxy groups -OCH3 is 2. The molecule has 0 spiro atoms. The van der Waals surface area contributed by atoms with Crippen LogP contribution in [0.3, 0.4) is 0 Å². The minimum Gasteiger partial charge on any atom is -0.497 e. The zero-order chi connectivity index (χ0) is 25.7. The molecule has 1 amide bonds. The van der Waals surface area contributed by atoms with E-state index in [4.69, 9.17) is 9.47 Å². The highest BCUT2D eigenvalue weighted by Crippen LogP contribution is 2.38. The number of benzene rings is 2. The number of carbonyl (C=O) groups is 1. The van der Waals surface area contributed by atoms with Gasteiger partial charge in [-0.2, -0.15) is 4.31 Å². The Hall–Kier alpha value is -2.72. The largest absolute Gasteiger partial charge is 0.497 e. The third-order valence-electron chi connectivity index (χ3n) is 6.44. The maximum Gasteiger partial charge on any atom is 0.243 e. The lowest BCUT2D eigenvalue weighted by Crippen LogP contribution is -2.47. The first kappa shape index (κ1) is 26.3. The average Bonchev–Trinajstić information content (AvgIpc) is 3.37. The molecule has 2 heterocycles. The van der Waals surface area contributed by atoms with E-state index in [0.29, 0.717) is 19.6 Å². The Bertz CT molecular complexity index is 1270. The second kappa shape index (κ2) is 11.6. The number of nitrogens with zero attached hydrogens (tertiary/aromatic N) is 2. The van der Waals surface area contributed by atoms with E-state index < -0.39 is 10.0 Å². The first-order valence-electron chi connectivity index (χ1n) is 11.9. The fourth-order valence-corrected chi connectivity index (χ4v) is 6.83. The van der Waals surface area contributed by atoms with Gasteiger partial charge >= 0.3 is 0 Å². The number of amides is 1. The molecule has 1 atom stereocenters. The van der Waals surface area contributed by atoms with Crippen molar-refractivity contribution >= 4 is 27.3 Å². The van der Waals surface area contributed by atoms with Gasteiger partial charge in [-0.05, 0) is 66.6 Å². The summed E-state index contributed by atoms with van der Waals surface area (Å²) in [7, 11) is -0.658. The Kier molecular flexibility index (Phi) is 8.46. The topological polar surface area (TPSA) is 76.2 Å². The highest BCUT2D eigenvalue weighted by Gasteiger charge is 2.35. The van der Waals surface area contributed by atoms with E-state index in [0.717, 1.165) is 28.9 Å². The molecule has 3 aromatic rings. The summed E-state index contributed by atoms with van der Waals surface area (Å²) < 4.78 is 38.8. The molecule has 0 saturated carbocycles. The number of carbonyl (C=O) groups excluding carboxylic acids is 1. The monoisotopic (exact) mass is 528 g/mol. The minimum absolute atomic E-state index is 0.184. The van der Waals surface area contributed by atoms with Gasteiger partial charge in [0.05, 0.1) is 24.6 Å². The van der Waals surface area contributed by atoms with Crippen LogP contribution >= 0.6 is 11.3 Å². The number of aryl methyl sites for hydroxylation is 1. The maximum absolute atomic E-state index is 13.8. The van der Waals surface area contributed by atoms with Crippen molar-refractivity contribution in [3.05, 3.63) is 81.5 Å². The van der Waals surface area contributed by atoms with Gasteiger partial charge < -0.3 is 14.4 Å². The Morgan fingerprint density at radius 1 is 1.08 bits per heavy atom. The predicted octanol–water partition coefficient (Wildman–Crippen LogP) is 4.27. The van der Waals surface area contributed by atoms with Crippen LogP contribution in [0.4, 0.5) is 0 Å². The molecule has 1 aliphatic rings. The lowest BCUT2D eigenvalue weighted by Gasteiger charge is -2.37. The number of thiophene rings is 1. The Morgan fingerprint density at radius 2 is 1.81 bits per heavy atom. The Balaban J connectivity index is 1.64. The summed E-state index contributed by atoms with van der Waals surface area (Å²) in [6.07, 6.45) is 1.24. The summed E-state index contributed by atoms with van der Waals surface area (Å²) >= 11 is 1.69. The normalized spacial score (nSPS) is 15.7. The van der Waals surface area contributed by atoms with Crippen LogP contribution in [-0.2, 0) is 26.0 Å². The molecule has 0 fully saturated rings. The van der Waals surface area contributed by atoms with Gasteiger partial charge in [0, 0.05) is 31.7 Å². The van der Waals surface area contributed by atoms with Crippen LogP contribution in [0.1, 0.15) is 34.0 Å². The molecule has 2 aromatic carbocycles. The second-order valence-electron chi connectivity index (χ2n) is 8.81. The number of fused-ring (bicyclic) bond motifs is 1. The van der Waals surface area contributed by atoms with E-state index in [9.17, 15) is 13.2 Å². The molecule has 36 heavy (non-hydrogen) atoms. The van der Waals surface area contributed by atoms with E-state index in [-0.39, 0.29) is 29.9 Å². The van der Waals surface area contributed by atoms with Crippen LogP contribution in [0, 0.1) is 6.92 Å². The quantitative estimate of drug-likeness (QED) is 0.368. The summed E-state index contributed by atoms with van der Waals surface area (Å²) in [6, 6.07) is 16.2. The molecule has 0 aliphatic carbocycles. The molecular weight excluding hydrogens is 496 g/mol. The summed E-state index contributed by atoms with van der Waals surface area (Å²) in [6.45, 7) is 2.81. The molecule has 9 heteroatoms. The van der Waals surface area contributed by atoms with Crippen molar-refractivity contribution in [2.24, 2.45) is 0 Å². The molecule has 4 rings (SSSR count). The summed E-state index contributed by atoms with van der Waals surface area (Å²) in [5.74, 6) is 0.521. The van der Waals surface area contributed by atoms with Crippen molar-refractivity contribution in [1.82, 2.24) is 9.21 Å². The second-order valence-corrected chi connectivity index (χ2v) is 11.7. The summed E-state index contributed by atoms with van der Waals surface area (Å²) in [5.41, 5.74) is 3.03. The standard InChI is InChI=1S/C27H32N2O5S2/c1-20-5-11-23(12-6-20)36(31,32)28(15-4-17-33-2)19-26(30)29-16-13-25-24(14-18-35-25)27(29)21-7-9-22(34-3)10-8-21/h5-12,14,18,27H,4,13,15-17,19H2,1-3H3. The van der Waals surface area contributed by atoms with Crippen molar-refractivity contribution < 1.29 is 22.7 Å². The van der Waals surface area contributed by atoms with Crippen molar-refractivity contribution in [1.29, 1.82) is 0 Å². The van der Waals surface area contributed by atoms with Crippen molar-refractivity contribution in [3.8, 4) is 5.75 Å². The van der Waals surface area contributed by atoms with Gasteiger partial charge in [-0.15, -0.1) is 11.3 Å². The molecule has 1 aromatic heterocycles. The van der Waals surface area contributed by atoms with Gasteiger partial charge in [0.1, 0.15) is 5.75 Å². The van der Waals surface area contributed by atoms with Crippen molar-refractivity contribution in [2.45, 2.75) is 30.7 Å². The van der Waals surface area contributed by atoms with E-state index in [1.54, 1.807) is 49.8 Å². The van der Waals surface area contributed by atoms with Gasteiger partial charge in [0.2, 0.25) is 15.9 Å².